The third-order valence-electron chi connectivity index (χ3n) is 2.08. The molecule has 0 N–H and O–H groups in total. The van der Waals surface area contributed by atoms with Gasteiger partial charge in [0.25, 0.3) is 0 Å². The molecule has 1 aliphatic carbocycles. The Morgan fingerprint density at radius 2 is 2.00 bits per heavy atom. The van der Waals surface area contributed by atoms with Crippen LogP contribution in [0.1, 0.15) is 39.0 Å². The van der Waals surface area contributed by atoms with Crippen LogP contribution in [0.4, 0.5) is 0 Å². The monoisotopic (exact) mass is 136 g/mol. The molecule has 0 bridgehead atoms. The van der Waals surface area contributed by atoms with Gasteiger partial charge in [-0.3, -0.25) is 0 Å². The molecule has 0 heteroatoms. The summed E-state index contributed by atoms with van der Waals surface area (Å²) in [5.74, 6) is 0.921. The van der Waals surface area contributed by atoms with E-state index in [0.717, 1.165) is 5.92 Å². The van der Waals surface area contributed by atoms with Gasteiger partial charge in [0, 0.05) is 0 Å². The van der Waals surface area contributed by atoms with Crippen molar-refractivity contribution in [3.63, 3.8) is 0 Å². The van der Waals surface area contributed by atoms with E-state index in [9.17, 15) is 0 Å². The first kappa shape index (κ1) is 7.63. The maximum absolute atomic E-state index is 3.20. The van der Waals surface area contributed by atoms with Gasteiger partial charge in [-0.2, -0.15) is 0 Å². The fourth-order valence-electron chi connectivity index (χ4n) is 1.33. The van der Waals surface area contributed by atoms with Gasteiger partial charge in [0.15, 0.2) is 0 Å². The normalized spacial score (nSPS) is 27.1. The number of hydrogen-bond donors (Lipinski definition) is 0. The van der Waals surface area contributed by atoms with Crippen LogP contribution in [0.5, 0.6) is 0 Å². The second kappa shape index (κ2) is 4.35. The summed E-state index contributed by atoms with van der Waals surface area (Å²) < 4.78 is 0. The molecular formula is C10H16. The summed E-state index contributed by atoms with van der Waals surface area (Å²) in [7, 11) is 0. The smallest absolute Gasteiger partial charge is 0.0272 e. The molecule has 0 aromatic rings. The summed E-state index contributed by atoms with van der Waals surface area (Å²) in [6.07, 6.45) is 10.9. The quantitative estimate of drug-likeness (QED) is 0.448. The molecule has 0 amide bonds. The third-order valence-corrected chi connectivity index (χ3v) is 2.08. The Bertz CT molecular complexity index is 138. The van der Waals surface area contributed by atoms with E-state index in [1.165, 1.54) is 32.1 Å². The molecule has 0 radical (unpaired) electrons. The molecular weight excluding hydrogens is 120 g/mol. The van der Waals surface area contributed by atoms with Crippen LogP contribution in [-0.4, -0.2) is 0 Å². The van der Waals surface area contributed by atoms with Gasteiger partial charge in [-0.05, 0) is 43.8 Å². The van der Waals surface area contributed by atoms with E-state index in [1.807, 2.05) is 0 Å². The third kappa shape index (κ3) is 2.89. The lowest BCUT2D eigenvalue weighted by Crippen LogP contribution is -1.92. The molecule has 0 saturated heterocycles. The fourth-order valence-corrected chi connectivity index (χ4v) is 1.33. The minimum atomic E-state index is 0.921. The summed E-state index contributed by atoms with van der Waals surface area (Å²) in [6.45, 7) is 2.35. The van der Waals surface area contributed by atoms with Crippen molar-refractivity contribution in [3.05, 3.63) is 17.9 Å². The van der Waals surface area contributed by atoms with Crippen molar-refractivity contribution < 1.29 is 0 Å². The van der Waals surface area contributed by atoms with Gasteiger partial charge in [0.05, 0.1) is 0 Å². The highest BCUT2D eigenvalue weighted by molar-refractivity contribution is 4.86. The molecule has 0 aliphatic heterocycles. The SMILES string of the molecule is CC1CCC=C=CCCC1. The van der Waals surface area contributed by atoms with E-state index in [2.05, 4.69) is 24.8 Å². The van der Waals surface area contributed by atoms with E-state index in [-0.39, 0.29) is 0 Å². The van der Waals surface area contributed by atoms with Gasteiger partial charge in [-0.25, -0.2) is 0 Å². The lowest BCUT2D eigenvalue weighted by atomic mass is 10.00. The van der Waals surface area contributed by atoms with Crippen LogP contribution in [0.25, 0.3) is 0 Å². The second-order valence-corrected chi connectivity index (χ2v) is 3.19. The van der Waals surface area contributed by atoms with Crippen molar-refractivity contribution in [1.29, 1.82) is 0 Å². The van der Waals surface area contributed by atoms with E-state index in [1.54, 1.807) is 0 Å². The van der Waals surface area contributed by atoms with Crippen molar-refractivity contribution >= 4 is 0 Å². The highest BCUT2D eigenvalue weighted by Crippen LogP contribution is 2.15. The molecule has 0 nitrogen and oxygen atoms in total. The van der Waals surface area contributed by atoms with Gasteiger partial charge in [-0.1, -0.05) is 13.3 Å². The van der Waals surface area contributed by atoms with Gasteiger partial charge >= 0.3 is 0 Å². The van der Waals surface area contributed by atoms with Crippen molar-refractivity contribution in [1.82, 2.24) is 0 Å². The highest BCUT2D eigenvalue weighted by atomic mass is 14.1. The van der Waals surface area contributed by atoms with Crippen molar-refractivity contribution in [2.45, 2.75) is 39.0 Å². The van der Waals surface area contributed by atoms with Crippen LogP contribution >= 0.6 is 0 Å². The lowest BCUT2D eigenvalue weighted by molar-refractivity contribution is 0.483. The average molecular weight is 136 g/mol. The molecule has 1 aliphatic rings. The van der Waals surface area contributed by atoms with Gasteiger partial charge in [0.2, 0.25) is 0 Å². The summed E-state index contributed by atoms with van der Waals surface area (Å²) in [6, 6.07) is 0. The molecule has 0 aromatic heterocycles. The first-order valence-electron chi connectivity index (χ1n) is 4.29. The van der Waals surface area contributed by atoms with Gasteiger partial charge in [-0.15, -0.1) is 5.73 Å². The second-order valence-electron chi connectivity index (χ2n) is 3.19. The first-order chi connectivity index (χ1) is 4.89. The zero-order valence-electron chi connectivity index (χ0n) is 6.77. The molecule has 1 atom stereocenters. The standard InChI is InChI=1S/C10H16/c1-10-8-6-4-2-3-5-7-9-10/h2,5,10H,4,6-9H2,1H3. The van der Waals surface area contributed by atoms with Crippen LogP contribution in [-0.2, 0) is 0 Å². The highest BCUT2D eigenvalue weighted by Gasteiger charge is 1.99. The Labute approximate surface area is 63.6 Å². The maximum atomic E-state index is 3.20. The summed E-state index contributed by atoms with van der Waals surface area (Å²) in [5, 5.41) is 0. The zero-order valence-corrected chi connectivity index (χ0v) is 6.77. The molecule has 0 spiro atoms. The molecule has 1 unspecified atom stereocenters. The number of allylic oxidation sites excluding steroid dienone is 1. The molecule has 56 valence electrons. The van der Waals surface area contributed by atoms with Crippen LogP contribution in [0.3, 0.4) is 0 Å². The van der Waals surface area contributed by atoms with Crippen molar-refractivity contribution in [2.75, 3.05) is 0 Å². The predicted octanol–water partition coefficient (Wildman–Crippen LogP) is 3.30. The molecule has 0 fully saturated rings. The summed E-state index contributed by atoms with van der Waals surface area (Å²) >= 11 is 0. The van der Waals surface area contributed by atoms with Crippen LogP contribution in [0.2, 0.25) is 0 Å². The molecule has 0 aromatic carbocycles. The van der Waals surface area contributed by atoms with Crippen molar-refractivity contribution in [3.8, 4) is 0 Å². The minimum absolute atomic E-state index is 0.921. The van der Waals surface area contributed by atoms with E-state index in [4.69, 9.17) is 0 Å². The molecule has 10 heavy (non-hydrogen) atoms. The Hall–Kier alpha value is -0.480. The molecule has 0 saturated carbocycles. The van der Waals surface area contributed by atoms with E-state index < -0.39 is 0 Å². The Morgan fingerprint density at radius 1 is 1.20 bits per heavy atom. The lowest BCUT2D eigenvalue weighted by Gasteiger charge is -2.06. The molecule has 1 rings (SSSR count). The number of rotatable bonds is 0. The number of hydrogen-bond acceptors (Lipinski definition) is 0. The van der Waals surface area contributed by atoms with E-state index >= 15 is 0 Å². The molecule has 0 heterocycles. The topological polar surface area (TPSA) is 0 Å². The Morgan fingerprint density at radius 3 is 2.90 bits per heavy atom. The van der Waals surface area contributed by atoms with Crippen molar-refractivity contribution in [2.24, 2.45) is 5.92 Å². The maximum Gasteiger partial charge on any atom is -0.0272 e. The Kier molecular flexibility index (Phi) is 3.32. The Balaban J connectivity index is 2.36. The predicted molar refractivity (Wildman–Crippen MR) is 44.9 cm³/mol. The largest absolute Gasteiger partial charge is 0.130 e. The van der Waals surface area contributed by atoms with Crippen LogP contribution in [0.15, 0.2) is 17.9 Å². The van der Waals surface area contributed by atoms with Gasteiger partial charge in [0.1, 0.15) is 0 Å². The fraction of sp³-hybridized carbons (Fsp3) is 0.700. The first-order valence-corrected chi connectivity index (χ1v) is 4.29. The van der Waals surface area contributed by atoms with Gasteiger partial charge < -0.3 is 0 Å². The average Bonchev–Trinajstić information content (AvgIpc) is 2.02. The van der Waals surface area contributed by atoms with Crippen LogP contribution < -0.4 is 0 Å². The summed E-state index contributed by atoms with van der Waals surface area (Å²) in [4.78, 5) is 0. The minimum Gasteiger partial charge on any atom is -0.130 e. The van der Waals surface area contributed by atoms with Crippen LogP contribution in [0, 0.1) is 5.92 Å². The van der Waals surface area contributed by atoms with E-state index in [0.29, 0.717) is 0 Å². The zero-order chi connectivity index (χ0) is 7.23. The summed E-state index contributed by atoms with van der Waals surface area (Å²) in [5.41, 5.74) is 3.20.